The molecule has 1 aromatic carbocycles. The molecular weight excluding hydrogens is 222 g/mol. The van der Waals surface area contributed by atoms with Gasteiger partial charge in [0.2, 0.25) is 0 Å². The lowest BCUT2D eigenvalue weighted by molar-refractivity contribution is 0.241. The van der Waals surface area contributed by atoms with Crippen molar-refractivity contribution in [2.45, 2.75) is 58.1 Å². The summed E-state index contributed by atoms with van der Waals surface area (Å²) in [6.45, 7) is 4.10. The molecule has 0 heterocycles. The number of nitrogens with two attached hydrogens (primary N) is 1. The Kier molecular flexibility index (Phi) is 4.65. The summed E-state index contributed by atoms with van der Waals surface area (Å²) >= 11 is 0. The van der Waals surface area contributed by atoms with E-state index in [9.17, 15) is 0 Å². The predicted octanol–water partition coefficient (Wildman–Crippen LogP) is 4.05. The minimum absolute atomic E-state index is 0.168. The van der Waals surface area contributed by atoms with Gasteiger partial charge in [0.25, 0.3) is 0 Å². The van der Waals surface area contributed by atoms with Crippen LogP contribution in [-0.2, 0) is 0 Å². The Hall–Kier alpha value is -1.02. The highest BCUT2D eigenvalue weighted by Crippen LogP contribution is 2.33. The first-order valence-electron chi connectivity index (χ1n) is 7.19. The summed E-state index contributed by atoms with van der Waals surface area (Å²) < 4.78 is 5.74. The van der Waals surface area contributed by atoms with Gasteiger partial charge < -0.3 is 10.5 Å². The van der Waals surface area contributed by atoms with Crippen molar-refractivity contribution in [2.24, 2.45) is 11.7 Å². The second kappa shape index (κ2) is 6.24. The van der Waals surface area contributed by atoms with Gasteiger partial charge in [-0.2, -0.15) is 0 Å². The minimum Gasteiger partial charge on any atom is -0.491 e. The van der Waals surface area contributed by atoms with Crippen LogP contribution in [0.4, 0.5) is 0 Å². The van der Waals surface area contributed by atoms with Gasteiger partial charge in [0, 0.05) is 6.04 Å². The normalized spacial score (nSPS) is 18.9. The van der Waals surface area contributed by atoms with Crippen LogP contribution in [0.2, 0.25) is 0 Å². The molecule has 1 aromatic rings. The second-order valence-electron chi connectivity index (χ2n) is 5.66. The van der Waals surface area contributed by atoms with E-state index in [2.05, 4.69) is 18.2 Å². The summed E-state index contributed by atoms with van der Waals surface area (Å²) in [6.07, 6.45) is 6.80. The van der Waals surface area contributed by atoms with Crippen LogP contribution in [0.5, 0.6) is 5.75 Å². The Balaban J connectivity index is 2.06. The summed E-state index contributed by atoms with van der Waals surface area (Å²) in [5.74, 6) is 1.59. The van der Waals surface area contributed by atoms with Gasteiger partial charge in [-0.15, -0.1) is 0 Å². The number of ether oxygens (including phenoxy) is 1. The third-order valence-corrected chi connectivity index (χ3v) is 3.77. The zero-order chi connectivity index (χ0) is 13.0. The van der Waals surface area contributed by atoms with Crippen molar-refractivity contribution in [1.82, 2.24) is 0 Å². The molecule has 0 saturated heterocycles. The minimum atomic E-state index is 0.168. The van der Waals surface area contributed by atoms with Crippen LogP contribution in [0.1, 0.15) is 57.6 Å². The SMILES string of the molecule is CC(C)Oc1cccc(C(N)C2CCCCC2)c1. The largest absolute Gasteiger partial charge is 0.491 e. The highest BCUT2D eigenvalue weighted by Gasteiger charge is 2.22. The molecule has 0 bridgehead atoms. The molecule has 0 aliphatic heterocycles. The van der Waals surface area contributed by atoms with Crippen molar-refractivity contribution in [3.05, 3.63) is 29.8 Å². The molecule has 100 valence electrons. The van der Waals surface area contributed by atoms with E-state index in [1.807, 2.05) is 19.9 Å². The van der Waals surface area contributed by atoms with E-state index < -0.39 is 0 Å². The van der Waals surface area contributed by atoms with Crippen LogP contribution in [0, 0.1) is 5.92 Å². The predicted molar refractivity (Wildman–Crippen MR) is 75.7 cm³/mol. The molecule has 1 aliphatic rings. The molecule has 2 heteroatoms. The Labute approximate surface area is 111 Å². The third kappa shape index (κ3) is 3.49. The van der Waals surface area contributed by atoms with Gasteiger partial charge in [0.15, 0.2) is 0 Å². The molecule has 0 spiro atoms. The summed E-state index contributed by atoms with van der Waals surface area (Å²) in [4.78, 5) is 0. The first-order valence-corrected chi connectivity index (χ1v) is 7.19. The quantitative estimate of drug-likeness (QED) is 0.871. The van der Waals surface area contributed by atoms with Crippen LogP contribution in [0.3, 0.4) is 0 Å². The van der Waals surface area contributed by atoms with E-state index in [1.165, 1.54) is 37.7 Å². The molecule has 2 nitrogen and oxygen atoms in total. The maximum atomic E-state index is 6.41. The van der Waals surface area contributed by atoms with Gasteiger partial charge in [-0.1, -0.05) is 31.4 Å². The van der Waals surface area contributed by atoms with Crippen LogP contribution in [0.15, 0.2) is 24.3 Å². The Morgan fingerprint density at radius 3 is 2.56 bits per heavy atom. The van der Waals surface area contributed by atoms with E-state index >= 15 is 0 Å². The van der Waals surface area contributed by atoms with Gasteiger partial charge in [-0.05, 0) is 50.3 Å². The van der Waals surface area contributed by atoms with E-state index in [0.717, 1.165) is 5.75 Å². The van der Waals surface area contributed by atoms with Crippen molar-refractivity contribution < 1.29 is 4.74 Å². The molecule has 0 amide bonds. The number of benzene rings is 1. The summed E-state index contributed by atoms with van der Waals surface area (Å²) in [7, 11) is 0. The lowest BCUT2D eigenvalue weighted by Gasteiger charge is -2.28. The highest BCUT2D eigenvalue weighted by atomic mass is 16.5. The monoisotopic (exact) mass is 247 g/mol. The van der Waals surface area contributed by atoms with Gasteiger partial charge >= 0.3 is 0 Å². The average Bonchev–Trinajstić information content (AvgIpc) is 2.38. The van der Waals surface area contributed by atoms with Crippen LogP contribution < -0.4 is 10.5 Å². The fourth-order valence-electron chi connectivity index (χ4n) is 2.83. The molecule has 1 aliphatic carbocycles. The highest BCUT2D eigenvalue weighted by molar-refractivity contribution is 5.31. The maximum Gasteiger partial charge on any atom is 0.120 e. The maximum absolute atomic E-state index is 6.41. The molecule has 1 unspecified atom stereocenters. The molecule has 2 N–H and O–H groups in total. The second-order valence-corrected chi connectivity index (χ2v) is 5.66. The van der Waals surface area contributed by atoms with E-state index in [4.69, 9.17) is 10.5 Å². The van der Waals surface area contributed by atoms with Crippen LogP contribution >= 0.6 is 0 Å². The van der Waals surface area contributed by atoms with Gasteiger partial charge in [0.05, 0.1) is 6.10 Å². The van der Waals surface area contributed by atoms with Gasteiger partial charge in [-0.3, -0.25) is 0 Å². The van der Waals surface area contributed by atoms with Crippen molar-refractivity contribution in [3.8, 4) is 5.75 Å². The van der Waals surface area contributed by atoms with E-state index in [1.54, 1.807) is 0 Å². The summed E-state index contributed by atoms with van der Waals surface area (Å²) in [5, 5.41) is 0. The number of hydrogen-bond donors (Lipinski definition) is 1. The molecule has 0 radical (unpaired) electrons. The molecule has 0 aromatic heterocycles. The van der Waals surface area contributed by atoms with Crippen molar-refractivity contribution in [3.63, 3.8) is 0 Å². The molecule has 2 rings (SSSR count). The Morgan fingerprint density at radius 1 is 1.17 bits per heavy atom. The Bertz CT molecular complexity index is 369. The van der Waals surface area contributed by atoms with Crippen molar-refractivity contribution >= 4 is 0 Å². The standard InChI is InChI=1S/C16H25NO/c1-12(2)18-15-10-6-9-14(11-15)16(17)13-7-4-3-5-8-13/h6,9-13,16H,3-5,7-8,17H2,1-2H3. The lowest BCUT2D eigenvalue weighted by Crippen LogP contribution is -2.23. The number of rotatable bonds is 4. The van der Waals surface area contributed by atoms with Crippen molar-refractivity contribution in [2.75, 3.05) is 0 Å². The topological polar surface area (TPSA) is 35.2 Å². The zero-order valence-electron chi connectivity index (χ0n) is 11.6. The first kappa shape index (κ1) is 13.4. The lowest BCUT2D eigenvalue weighted by atomic mass is 9.81. The van der Waals surface area contributed by atoms with Gasteiger partial charge in [-0.25, -0.2) is 0 Å². The molecular formula is C16H25NO. The third-order valence-electron chi connectivity index (χ3n) is 3.77. The molecule has 1 atom stereocenters. The molecule has 18 heavy (non-hydrogen) atoms. The van der Waals surface area contributed by atoms with Crippen LogP contribution in [-0.4, -0.2) is 6.10 Å². The summed E-state index contributed by atoms with van der Waals surface area (Å²) in [5.41, 5.74) is 7.64. The van der Waals surface area contributed by atoms with Gasteiger partial charge in [0.1, 0.15) is 5.75 Å². The first-order chi connectivity index (χ1) is 8.66. The zero-order valence-corrected chi connectivity index (χ0v) is 11.6. The smallest absolute Gasteiger partial charge is 0.120 e. The summed E-state index contributed by atoms with van der Waals surface area (Å²) in [6, 6.07) is 8.47. The van der Waals surface area contributed by atoms with Crippen LogP contribution in [0.25, 0.3) is 0 Å². The fourth-order valence-corrected chi connectivity index (χ4v) is 2.83. The van der Waals surface area contributed by atoms with E-state index in [0.29, 0.717) is 5.92 Å². The van der Waals surface area contributed by atoms with Crippen molar-refractivity contribution in [1.29, 1.82) is 0 Å². The Morgan fingerprint density at radius 2 is 1.89 bits per heavy atom. The molecule has 1 fully saturated rings. The average molecular weight is 247 g/mol. The number of hydrogen-bond acceptors (Lipinski definition) is 2. The molecule has 1 saturated carbocycles. The van der Waals surface area contributed by atoms with E-state index in [-0.39, 0.29) is 12.1 Å². The fraction of sp³-hybridized carbons (Fsp3) is 0.625.